The lowest BCUT2D eigenvalue weighted by Crippen LogP contribution is -2.45. The summed E-state index contributed by atoms with van der Waals surface area (Å²) in [5.41, 5.74) is 1.21. The first kappa shape index (κ1) is 14.3. The van der Waals surface area contributed by atoms with Gasteiger partial charge in [-0.1, -0.05) is 0 Å². The number of nitrogens with one attached hydrogen (secondary N) is 1. The molecule has 0 bridgehead atoms. The third-order valence-corrected chi connectivity index (χ3v) is 5.63. The molecule has 0 radical (unpaired) electrons. The van der Waals surface area contributed by atoms with Crippen LogP contribution in [0.15, 0.2) is 0 Å². The zero-order valence-corrected chi connectivity index (χ0v) is 13.7. The van der Waals surface area contributed by atoms with Crippen LogP contribution in [0.4, 0.5) is 5.13 Å². The van der Waals surface area contributed by atoms with E-state index in [1.54, 1.807) is 0 Å². The van der Waals surface area contributed by atoms with Crippen molar-refractivity contribution in [2.24, 2.45) is 0 Å². The van der Waals surface area contributed by atoms with Crippen LogP contribution in [0.2, 0.25) is 0 Å². The van der Waals surface area contributed by atoms with E-state index in [1.165, 1.54) is 41.4 Å². The summed E-state index contributed by atoms with van der Waals surface area (Å²) in [5.74, 6) is 0. The zero-order valence-electron chi connectivity index (χ0n) is 12.9. The Kier molecular flexibility index (Phi) is 4.29. The number of hydrogen-bond donors (Lipinski definition) is 1. The molecule has 2 heterocycles. The standard InChI is InChI=1S/C15H26N4S/c1-11-14(9-16-12-6-7-12)20-15(17-11)19-8-4-5-13(10-19)18(2)3/h12-13,16H,4-10H2,1-3H3. The number of aromatic nitrogens is 1. The number of likely N-dealkylation sites (N-methyl/N-ethyl adjacent to an activating group) is 1. The van der Waals surface area contributed by atoms with Crippen molar-refractivity contribution in [3.8, 4) is 0 Å². The van der Waals surface area contributed by atoms with Gasteiger partial charge in [0.2, 0.25) is 0 Å². The van der Waals surface area contributed by atoms with Crippen molar-refractivity contribution < 1.29 is 0 Å². The summed E-state index contributed by atoms with van der Waals surface area (Å²) in [5, 5.41) is 4.82. The van der Waals surface area contributed by atoms with E-state index in [-0.39, 0.29) is 0 Å². The van der Waals surface area contributed by atoms with E-state index in [4.69, 9.17) is 4.98 Å². The molecule has 1 aliphatic carbocycles. The van der Waals surface area contributed by atoms with Gasteiger partial charge in [-0.3, -0.25) is 0 Å². The minimum Gasteiger partial charge on any atom is -0.347 e. The van der Waals surface area contributed by atoms with Gasteiger partial charge in [0.1, 0.15) is 0 Å². The lowest BCUT2D eigenvalue weighted by molar-refractivity contribution is 0.258. The summed E-state index contributed by atoms with van der Waals surface area (Å²) in [7, 11) is 4.37. The van der Waals surface area contributed by atoms with Gasteiger partial charge >= 0.3 is 0 Å². The van der Waals surface area contributed by atoms with E-state index in [0.717, 1.165) is 25.7 Å². The molecule has 1 unspecified atom stereocenters. The van der Waals surface area contributed by atoms with Crippen LogP contribution in [0.5, 0.6) is 0 Å². The predicted octanol–water partition coefficient (Wildman–Crippen LogP) is 2.23. The highest BCUT2D eigenvalue weighted by Crippen LogP contribution is 2.29. The maximum atomic E-state index is 4.81. The molecule has 2 fully saturated rings. The molecule has 0 spiro atoms. The number of rotatable bonds is 5. The van der Waals surface area contributed by atoms with Crippen LogP contribution in [-0.2, 0) is 6.54 Å². The minimum absolute atomic E-state index is 0.668. The van der Waals surface area contributed by atoms with Gasteiger partial charge in [0, 0.05) is 36.6 Å². The quantitative estimate of drug-likeness (QED) is 0.902. The Hall–Kier alpha value is -0.650. The molecular weight excluding hydrogens is 268 g/mol. The fourth-order valence-corrected chi connectivity index (χ4v) is 3.83. The Balaban J connectivity index is 1.64. The number of aryl methyl sites for hydroxylation is 1. The first-order valence-electron chi connectivity index (χ1n) is 7.74. The SMILES string of the molecule is Cc1nc(N2CCCC(N(C)C)C2)sc1CNC1CC1. The molecule has 1 aliphatic heterocycles. The molecule has 2 aliphatic rings. The van der Waals surface area contributed by atoms with E-state index < -0.39 is 0 Å². The smallest absolute Gasteiger partial charge is 0.185 e. The Morgan fingerprint density at radius 2 is 2.15 bits per heavy atom. The van der Waals surface area contributed by atoms with Gasteiger partial charge in [0.25, 0.3) is 0 Å². The lowest BCUT2D eigenvalue weighted by atomic mass is 10.1. The summed E-state index contributed by atoms with van der Waals surface area (Å²) >= 11 is 1.88. The Morgan fingerprint density at radius 3 is 2.85 bits per heavy atom. The zero-order chi connectivity index (χ0) is 14.1. The summed E-state index contributed by atoms with van der Waals surface area (Å²) in [4.78, 5) is 11.1. The number of piperidine rings is 1. The predicted molar refractivity (Wildman–Crippen MR) is 85.6 cm³/mol. The monoisotopic (exact) mass is 294 g/mol. The molecule has 112 valence electrons. The van der Waals surface area contributed by atoms with E-state index in [2.05, 4.69) is 36.1 Å². The van der Waals surface area contributed by atoms with E-state index in [0.29, 0.717) is 6.04 Å². The average molecular weight is 294 g/mol. The molecular formula is C15H26N4S. The number of hydrogen-bond acceptors (Lipinski definition) is 5. The normalized spacial score (nSPS) is 23.6. The molecule has 1 N–H and O–H groups in total. The van der Waals surface area contributed by atoms with Crippen LogP contribution >= 0.6 is 11.3 Å². The molecule has 20 heavy (non-hydrogen) atoms. The Morgan fingerprint density at radius 1 is 1.35 bits per heavy atom. The Labute approximate surface area is 126 Å². The topological polar surface area (TPSA) is 31.4 Å². The van der Waals surface area contributed by atoms with Crippen LogP contribution in [0.25, 0.3) is 0 Å². The minimum atomic E-state index is 0.668. The molecule has 1 aromatic heterocycles. The van der Waals surface area contributed by atoms with Gasteiger partial charge in [0.05, 0.1) is 5.69 Å². The number of anilines is 1. The number of nitrogens with zero attached hydrogens (tertiary/aromatic N) is 3. The molecule has 0 amide bonds. The van der Waals surface area contributed by atoms with Crippen molar-refractivity contribution in [3.05, 3.63) is 10.6 Å². The van der Waals surface area contributed by atoms with Crippen LogP contribution in [-0.4, -0.2) is 49.2 Å². The third-order valence-electron chi connectivity index (χ3n) is 4.41. The summed E-state index contributed by atoms with van der Waals surface area (Å²) in [6, 6.07) is 1.44. The second-order valence-electron chi connectivity index (χ2n) is 6.37. The van der Waals surface area contributed by atoms with Crippen molar-refractivity contribution >= 4 is 16.5 Å². The highest BCUT2D eigenvalue weighted by atomic mass is 32.1. The average Bonchev–Trinajstić information content (AvgIpc) is 3.19. The van der Waals surface area contributed by atoms with Crippen molar-refractivity contribution in [2.75, 3.05) is 32.1 Å². The first-order valence-corrected chi connectivity index (χ1v) is 8.56. The molecule has 5 heteroatoms. The second kappa shape index (κ2) is 6.00. The van der Waals surface area contributed by atoms with Crippen molar-refractivity contribution in [1.29, 1.82) is 0 Å². The second-order valence-corrected chi connectivity index (χ2v) is 7.43. The molecule has 1 saturated heterocycles. The van der Waals surface area contributed by atoms with E-state index in [9.17, 15) is 0 Å². The van der Waals surface area contributed by atoms with Crippen LogP contribution in [0.1, 0.15) is 36.3 Å². The fraction of sp³-hybridized carbons (Fsp3) is 0.800. The molecule has 4 nitrogen and oxygen atoms in total. The maximum absolute atomic E-state index is 4.81. The Bertz CT molecular complexity index is 453. The van der Waals surface area contributed by atoms with Crippen LogP contribution in [0, 0.1) is 6.92 Å². The molecule has 1 aromatic rings. The fourth-order valence-electron chi connectivity index (χ4n) is 2.79. The van der Waals surface area contributed by atoms with Gasteiger partial charge in [-0.15, -0.1) is 11.3 Å². The van der Waals surface area contributed by atoms with Crippen molar-refractivity contribution in [2.45, 2.75) is 51.2 Å². The maximum Gasteiger partial charge on any atom is 0.185 e. The molecule has 1 saturated carbocycles. The van der Waals surface area contributed by atoms with Crippen LogP contribution in [0.3, 0.4) is 0 Å². The van der Waals surface area contributed by atoms with Gasteiger partial charge in [0.15, 0.2) is 5.13 Å². The highest BCUT2D eigenvalue weighted by molar-refractivity contribution is 7.15. The van der Waals surface area contributed by atoms with Crippen molar-refractivity contribution in [3.63, 3.8) is 0 Å². The van der Waals surface area contributed by atoms with Crippen molar-refractivity contribution in [1.82, 2.24) is 15.2 Å². The largest absolute Gasteiger partial charge is 0.347 e. The summed E-state index contributed by atoms with van der Waals surface area (Å²) < 4.78 is 0. The summed E-state index contributed by atoms with van der Waals surface area (Å²) in [6.07, 6.45) is 5.28. The van der Waals surface area contributed by atoms with Gasteiger partial charge < -0.3 is 15.1 Å². The van der Waals surface area contributed by atoms with E-state index in [1.807, 2.05) is 11.3 Å². The molecule has 3 rings (SSSR count). The van der Waals surface area contributed by atoms with Crippen LogP contribution < -0.4 is 10.2 Å². The summed E-state index contributed by atoms with van der Waals surface area (Å²) in [6.45, 7) is 5.43. The van der Waals surface area contributed by atoms with Gasteiger partial charge in [-0.2, -0.15) is 0 Å². The van der Waals surface area contributed by atoms with Gasteiger partial charge in [-0.25, -0.2) is 4.98 Å². The van der Waals surface area contributed by atoms with E-state index >= 15 is 0 Å². The van der Waals surface area contributed by atoms with Gasteiger partial charge in [-0.05, 0) is 46.7 Å². The number of thiazole rings is 1. The third kappa shape index (κ3) is 3.32. The molecule has 0 aromatic carbocycles. The first-order chi connectivity index (χ1) is 9.63. The lowest BCUT2D eigenvalue weighted by Gasteiger charge is -2.35. The highest BCUT2D eigenvalue weighted by Gasteiger charge is 2.25. The molecule has 1 atom stereocenters.